The van der Waals surface area contributed by atoms with Crippen LogP contribution in [0.4, 0.5) is 4.39 Å². The van der Waals surface area contributed by atoms with Gasteiger partial charge in [0.1, 0.15) is 11.6 Å². The van der Waals surface area contributed by atoms with Gasteiger partial charge in [-0.05, 0) is 36.1 Å². The molecule has 0 spiro atoms. The maximum absolute atomic E-state index is 13.7. The predicted octanol–water partition coefficient (Wildman–Crippen LogP) is 2.58. The molecule has 0 fully saturated rings. The Labute approximate surface area is 159 Å². The van der Waals surface area contributed by atoms with Crippen LogP contribution in [0, 0.1) is 5.82 Å². The van der Waals surface area contributed by atoms with Gasteiger partial charge in [-0.15, -0.1) is 0 Å². The lowest BCUT2D eigenvalue weighted by Gasteiger charge is -2.20. The van der Waals surface area contributed by atoms with Gasteiger partial charge >= 0.3 is 0 Å². The van der Waals surface area contributed by atoms with Gasteiger partial charge in [-0.25, -0.2) is 4.39 Å². The minimum Gasteiger partial charge on any atom is -0.496 e. The van der Waals surface area contributed by atoms with E-state index in [1.807, 2.05) is 24.3 Å². The summed E-state index contributed by atoms with van der Waals surface area (Å²) in [5.74, 6) is 0.0177. The van der Waals surface area contributed by atoms with Crippen molar-refractivity contribution in [3.05, 3.63) is 65.5 Å². The fourth-order valence-electron chi connectivity index (χ4n) is 2.78. The molecule has 0 aliphatic rings. The fraction of sp³-hybridized carbons (Fsp3) is 0.333. The standard InChI is InChI=1S/C21H25FN2O3/c1-16(25)24(14-12-17-7-3-5-9-19(17)22)15-21(26)23-13-11-18-8-4-6-10-20(18)27-2/h3-10H,11-15H2,1-2H3,(H,23,26). The van der Waals surface area contributed by atoms with Gasteiger partial charge in [0, 0.05) is 20.0 Å². The smallest absolute Gasteiger partial charge is 0.239 e. The molecule has 2 amide bonds. The van der Waals surface area contributed by atoms with Gasteiger partial charge in [0.05, 0.1) is 13.7 Å². The van der Waals surface area contributed by atoms with Crippen LogP contribution in [0.15, 0.2) is 48.5 Å². The highest BCUT2D eigenvalue weighted by Gasteiger charge is 2.14. The Balaban J connectivity index is 1.82. The van der Waals surface area contributed by atoms with Crippen LogP contribution in [0.5, 0.6) is 5.75 Å². The van der Waals surface area contributed by atoms with Gasteiger partial charge in [-0.2, -0.15) is 0 Å². The number of nitrogens with one attached hydrogen (secondary N) is 1. The lowest BCUT2D eigenvalue weighted by molar-refractivity contribution is -0.134. The molecule has 0 bridgehead atoms. The SMILES string of the molecule is COc1ccccc1CCNC(=O)CN(CCc1ccccc1F)C(C)=O. The van der Waals surface area contributed by atoms with Gasteiger partial charge in [-0.1, -0.05) is 36.4 Å². The number of hydrogen-bond donors (Lipinski definition) is 1. The van der Waals surface area contributed by atoms with Crippen LogP contribution in [0.1, 0.15) is 18.1 Å². The number of hydrogen-bond acceptors (Lipinski definition) is 3. The number of carbonyl (C=O) groups is 2. The normalized spacial score (nSPS) is 10.3. The van der Waals surface area contributed by atoms with E-state index < -0.39 is 0 Å². The third kappa shape index (κ3) is 6.40. The summed E-state index contributed by atoms with van der Waals surface area (Å²) < 4.78 is 19.0. The Hall–Kier alpha value is -2.89. The second-order valence-electron chi connectivity index (χ2n) is 6.19. The van der Waals surface area contributed by atoms with Crippen molar-refractivity contribution in [2.24, 2.45) is 0 Å². The van der Waals surface area contributed by atoms with Crippen LogP contribution in [-0.2, 0) is 22.4 Å². The lowest BCUT2D eigenvalue weighted by atomic mass is 10.1. The first-order valence-corrected chi connectivity index (χ1v) is 8.88. The van der Waals surface area contributed by atoms with Crippen LogP contribution in [0.3, 0.4) is 0 Å². The van der Waals surface area contributed by atoms with Crippen LogP contribution >= 0.6 is 0 Å². The molecule has 5 nitrogen and oxygen atoms in total. The molecule has 0 saturated carbocycles. The van der Waals surface area contributed by atoms with Crippen molar-refractivity contribution >= 4 is 11.8 Å². The minimum atomic E-state index is -0.303. The monoisotopic (exact) mass is 372 g/mol. The predicted molar refractivity (Wildman–Crippen MR) is 102 cm³/mol. The van der Waals surface area contributed by atoms with Gasteiger partial charge in [0.25, 0.3) is 0 Å². The lowest BCUT2D eigenvalue weighted by Crippen LogP contribution is -2.41. The maximum atomic E-state index is 13.7. The summed E-state index contributed by atoms with van der Waals surface area (Å²) in [5, 5.41) is 2.81. The average molecular weight is 372 g/mol. The minimum absolute atomic E-state index is 0.0459. The highest BCUT2D eigenvalue weighted by Crippen LogP contribution is 2.17. The number of benzene rings is 2. The molecule has 6 heteroatoms. The molecule has 0 atom stereocenters. The number of amides is 2. The molecule has 0 aliphatic carbocycles. The highest BCUT2D eigenvalue weighted by molar-refractivity contribution is 5.83. The van der Waals surface area contributed by atoms with E-state index in [-0.39, 0.29) is 30.7 Å². The van der Waals surface area contributed by atoms with Crippen LogP contribution in [-0.4, -0.2) is 43.5 Å². The highest BCUT2D eigenvalue weighted by atomic mass is 19.1. The van der Waals surface area contributed by atoms with Crippen molar-refractivity contribution in [1.29, 1.82) is 0 Å². The van der Waals surface area contributed by atoms with E-state index in [9.17, 15) is 14.0 Å². The molecule has 0 radical (unpaired) electrons. The number of ether oxygens (including phenoxy) is 1. The quantitative estimate of drug-likeness (QED) is 0.736. The first-order chi connectivity index (χ1) is 13.0. The van der Waals surface area contributed by atoms with E-state index in [0.717, 1.165) is 11.3 Å². The molecule has 144 valence electrons. The zero-order valence-corrected chi connectivity index (χ0v) is 15.7. The largest absolute Gasteiger partial charge is 0.496 e. The summed E-state index contributed by atoms with van der Waals surface area (Å²) >= 11 is 0. The Morgan fingerprint density at radius 2 is 1.70 bits per heavy atom. The van der Waals surface area contributed by atoms with E-state index >= 15 is 0 Å². The molecule has 2 aromatic carbocycles. The summed E-state index contributed by atoms with van der Waals surface area (Å²) in [6.45, 7) is 2.09. The topological polar surface area (TPSA) is 58.6 Å². The average Bonchev–Trinajstić information content (AvgIpc) is 2.66. The van der Waals surface area contributed by atoms with Crippen LogP contribution in [0.2, 0.25) is 0 Å². The second kappa shape index (κ2) is 10.3. The Morgan fingerprint density at radius 3 is 2.37 bits per heavy atom. The Kier molecular flexibility index (Phi) is 7.79. The van der Waals surface area contributed by atoms with Gasteiger partial charge in [0.2, 0.25) is 11.8 Å². The molecule has 2 rings (SSSR count). The third-order valence-electron chi connectivity index (χ3n) is 4.30. The van der Waals surface area contributed by atoms with Crippen molar-refractivity contribution < 1.29 is 18.7 Å². The van der Waals surface area contributed by atoms with E-state index in [2.05, 4.69) is 5.32 Å². The van der Waals surface area contributed by atoms with E-state index in [4.69, 9.17) is 4.74 Å². The third-order valence-corrected chi connectivity index (χ3v) is 4.30. The van der Waals surface area contributed by atoms with Crippen molar-refractivity contribution in [1.82, 2.24) is 10.2 Å². The van der Waals surface area contributed by atoms with Gasteiger partial charge < -0.3 is 15.0 Å². The molecule has 0 saturated heterocycles. The number of rotatable bonds is 9. The van der Waals surface area contributed by atoms with Crippen LogP contribution < -0.4 is 10.1 Å². The molecule has 2 aromatic rings. The summed E-state index contributed by atoms with van der Waals surface area (Å²) in [6.07, 6.45) is 0.992. The molecular weight excluding hydrogens is 347 g/mol. The molecule has 0 aliphatic heterocycles. The first kappa shape index (κ1) is 20.4. The fourth-order valence-corrected chi connectivity index (χ4v) is 2.78. The van der Waals surface area contributed by atoms with E-state index in [0.29, 0.717) is 24.9 Å². The summed E-state index contributed by atoms with van der Waals surface area (Å²) in [5.41, 5.74) is 1.53. The van der Waals surface area contributed by atoms with E-state index in [1.165, 1.54) is 17.9 Å². The Morgan fingerprint density at radius 1 is 1.04 bits per heavy atom. The van der Waals surface area contributed by atoms with Gasteiger partial charge in [-0.3, -0.25) is 9.59 Å². The Bertz CT molecular complexity index is 780. The second-order valence-corrected chi connectivity index (χ2v) is 6.19. The number of nitrogens with zero attached hydrogens (tertiary/aromatic N) is 1. The zero-order chi connectivity index (χ0) is 19.6. The number of methoxy groups -OCH3 is 1. The van der Waals surface area contributed by atoms with Crippen LogP contribution in [0.25, 0.3) is 0 Å². The number of para-hydroxylation sites is 1. The van der Waals surface area contributed by atoms with Gasteiger partial charge in [0.15, 0.2) is 0 Å². The van der Waals surface area contributed by atoms with E-state index in [1.54, 1.807) is 25.3 Å². The number of halogens is 1. The molecule has 0 heterocycles. The molecular formula is C21H25FN2O3. The van der Waals surface area contributed by atoms with Crippen molar-refractivity contribution in [2.45, 2.75) is 19.8 Å². The number of carbonyl (C=O) groups excluding carboxylic acids is 2. The summed E-state index contributed by atoms with van der Waals surface area (Å²) in [6, 6.07) is 14.1. The van der Waals surface area contributed by atoms with Crippen molar-refractivity contribution in [2.75, 3.05) is 26.7 Å². The maximum Gasteiger partial charge on any atom is 0.239 e. The molecule has 1 N–H and O–H groups in total. The van der Waals surface area contributed by atoms with Crippen molar-refractivity contribution in [3.8, 4) is 5.75 Å². The molecule has 0 aromatic heterocycles. The van der Waals surface area contributed by atoms with Crippen molar-refractivity contribution in [3.63, 3.8) is 0 Å². The summed E-state index contributed by atoms with van der Waals surface area (Å²) in [4.78, 5) is 25.4. The molecule has 27 heavy (non-hydrogen) atoms. The zero-order valence-electron chi connectivity index (χ0n) is 15.7. The summed E-state index contributed by atoms with van der Waals surface area (Å²) in [7, 11) is 1.61. The molecule has 0 unspecified atom stereocenters. The first-order valence-electron chi connectivity index (χ1n) is 8.88.